The summed E-state index contributed by atoms with van der Waals surface area (Å²) in [5.74, 6) is -0.564. The third kappa shape index (κ3) is 6.29. The number of aromatic nitrogens is 4. The van der Waals surface area contributed by atoms with Crippen molar-refractivity contribution in [3.8, 4) is 0 Å². The summed E-state index contributed by atoms with van der Waals surface area (Å²) in [5, 5.41) is 4.09. The Labute approximate surface area is 255 Å². The van der Waals surface area contributed by atoms with Gasteiger partial charge in [-0.15, -0.1) is 12.4 Å². The lowest BCUT2D eigenvalue weighted by atomic mass is 9.94. The van der Waals surface area contributed by atoms with E-state index < -0.39 is 29.2 Å². The summed E-state index contributed by atoms with van der Waals surface area (Å²) in [5.41, 5.74) is 6.33. The topological polar surface area (TPSA) is 127 Å². The van der Waals surface area contributed by atoms with Crippen molar-refractivity contribution < 1.29 is 22.8 Å². The van der Waals surface area contributed by atoms with Gasteiger partial charge >= 0.3 is 6.01 Å². The van der Waals surface area contributed by atoms with Gasteiger partial charge in [0, 0.05) is 69.7 Å². The van der Waals surface area contributed by atoms with Crippen molar-refractivity contribution in [2.45, 2.75) is 69.2 Å². The average Bonchev–Trinajstić information content (AvgIpc) is 3.54. The molecule has 14 heteroatoms. The fourth-order valence-electron chi connectivity index (χ4n) is 5.86. The first-order chi connectivity index (χ1) is 20.1. The molecule has 0 bridgehead atoms. The Morgan fingerprint density at radius 3 is 2.40 bits per heavy atom. The summed E-state index contributed by atoms with van der Waals surface area (Å²) in [7, 11) is 1.61. The first kappa shape index (κ1) is 31.0. The SMILES string of the molecule is COC(C)(C)c1noc(N2CCC(N(C(=O)c3cnc(N4C[C@H](c5cc(F)ccc5F)[C@@H](N)C4)nc3)C3CC3)CC2)n1.Cl. The predicted molar refractivity (Wildman–Crippen MR) is 157 cm³/mol. The smallest absolute Gasteiger partial charge is 0.324 e. The van der Waals surface area contributed by atoms with Gasteiger partial charge in [-0.3, -0.25) is 4.79 Å². The van der Waals surface area contributed by atoms with Gasteiger partial charge in [-0.1, -0.05) is 5.16 Å². The number of benzene rings is 1. The zero-order valence-electron chi connectivity index (χ0n) is 24.4. The Kier molecular flexibility index (Phi) is 8.87. The Bertz CT molecular complexity index is 1430. The maximum absolute atomic E-state index is 14.4. The van der Waals surface area contributed by atoms with E-state index in [0.29, 0.717) is 49.5 Å². The molecule has 1 amide bonds. The zero-order valence-corrected chi connectivity index (χ0v) is 25.3. The number of nitrogens with zero attached hydrogens (tertiary/aromatic N) is 7. The van der Waals surface area contributed by atoms with Crippen LogP contribution in [0.4, 0.5) is 20.7 Å². The summed E-state index contributed by atoms with van der Waals surface area (Å²) in [4.78, 5) is 33.0. The van der Waals surface area contributed by atoms with E-state index >= 15 is 0 Å². The number of carbonyl (C=O) groups excluding carboxylic acids is 1. The number of carbonyl (C=O) groups is 1. The molecule has 2 N–H and O–H groups in total. The molecule has 11 nitrogen and oxygen atoms in total. The van der Waals surface area contributed by atoms with Crippen molar-refractivity contribution in [1.29, 1.82) is 0 Å². The highest BCUT2D eigenvalue weighted by atomic mass is 35.5. The van der Waals surface area contributed by atoms with E-state index in [2.05, 4.69) is 25.0 Å². The molecule has 1 saturated carbocycles. The number of anilines is 2. The number of ether oxygens (including phenoxy) is 1. The molecule has 0 unspecified atom stereocenters. The molecule has 0 spiro atoms. The second-order valence-corrected chi connectivity index (χ2v) is 11.9. The van der Waals surface area contributed by atoms with Gasteiger partial charge in [-0.2, -0.15) is 4.98 Å². The van der Waals surface area contributed by atoms with Crippen molar-refractivity contribution in [1.82, 2.24) is 25.0 Å². The van der Waals surface area contributed by atoms with Gasteiger partial charge in [0.15, 0.2) is 0 Å². The van der Waals surface area contributed by atoms with E-state index in [0.717, 1.165) is 37.8 Å². The molecule has 3 aromatic rings. The minimum Gasteiger partial charge on any atom is -0.371 e. The lowest BCUT2D eigenvalue weighted by Crippen LogP contribution is -2.48. The maximum Gasteiger partial charge on any atom is 0.324 e. The molecule has 1 aromatic carbocycles. The van der Waals surface area contributed by atoms with E-state index in [9.17, 15) is 13.6 Å². The Morgan fingerprint density at radius 1 is 1.07 bits per heavy atom. The van der Waals surface area contributed by atoms with Gasteiger partial charge in [0.2, 0.25) is 11.8 Å². The van der Waals surface area contributed by atoms with Gasteiger partial charge in [0.05, 0.1) is 5.56 Å². The number of rotatable bonds is 8. The van der Waals surface area contributed by atoms with Crippen molar-refractivity contribution in [2.75, 3.05) is 43.1 Å². The number of nitrogens with two attached hydrogens (primary N) is 1. The number of piperidine rings is 1. The second kappa shape index (κ2) is 12.3. The standard InChI is InChI=1S/C29H36F2N8O3.ClH/c1-29(2,41-3)26-35-28(42-36-26)37-10-8-20(9-11-37)39(19-5-6-19)25(40)17-13-33-27(34-14-17)38-15-22(24(32)16-38)21-12-18(30)4-7-23(21)31;/h4,7,12-14,19-20,22,24H,5-6,8-11,15-16,32H2,1-3H3;1H/t22-,24+;/m1./s1. The van der Waals surface area contributed by atoms with E-state index in [1.165, 1.54) is 6.07 Å². The van der Waals surface area contributed by atoms with Crippen LogP contribution in [0.15, 0.2) is 35.1 Å². The number of halogens is 3. The van der Waals surface area contributed by atoms with Crippen LogP contribution in [0.2, 0.25) is 0 Å². The van der Waals surface area contributed by atoms with E-state index in [1.807, 2.05) is 23.6 Å². The molecule has 2 aliphatic heterocycles. The van der Waals surface area contributed by atoms with Crippen LogP contribution >= 0.6 is 12.4 Å². The molecule has 232 valence electrons. The van der Waals surface area contributed by atoms with Gasteiger partial charge < -0.3 is 29.7 Å². The number of methoxy groups -OCH3 is 1. The highest BCUT2D eigenvalue weighted by molar-refractivity contribution is 5.94. The molecule has 1 aliphatic carbocycles. The zero-order chi connectivity index (χ0) is 29.6. The molecule has 3 fully saturated rings. The van der Waals surface area contributed by atoms with E-state index in [-0.39, 0.29) is 36.0 Å². The van der Waals surface area contributed by atoms with Crippen LogP contribution in [0.25, 0.3) is 0 Å². The van der Waals surface area contributed by atoms with Crippen LogP contribution in [0.5, 0.6) is 0 Å². The highest BCUT2D eigenvalue weighted by Crippen LogP contribution is 2.35. The third-order valence-electron chi connectivity index (χ3n) is 8.66. The first-order valence-corrected chi connectivity index (χ1v) is 14.4. The minimum atomic E-state index is -0.644. The fourth-order valence-corrected chi connectivity index (χ4v) is 5.86. The normalized spacial score (nSPS) is 21.2. The highest BCUT2D eigenvalue weighted by Gasteiger charge is 2.40. The van der Waals surface area contributed by atoms with Crippen LogP contribution in [0.3, 0.4) is 0 Å². The Balaban J connectivity index is 0.00000368. The predicted octanol–water partition coefficient (Wildman–Crippen LogP) is 3.65. The van der Waals surface area contributed by atoms with Crippen molar-refractivity contribution in [3.05, 3.63) is 59.2 Å². The first-order valence-electron chi connectivity index (χ1n) is 14.4. The maximum atomic E-state index is 14.4. The second-order valence-electron chi connectivity index (χ2n) is 11.9. The van der Waals surface area contributed by atoms with Crippen molar-refractivity contribution in [3.63, 3.8) is 0 Å². The van der Waals surface area contributed by atoms with Crippen LogP contribution < -0.4 is 15.5 Å². The molecular weight excluding hydrogens is 582 g/mol. The summed E-state index contributed by atoms with van der Waals surface area (Å²) in [6.45, 7) is 5.89. The van der Waals surface area contributed by atoms with Crippen molar-refractivity contribution >= 4 is 30.3 Å². The van der Waals surface area contributed by atoms with Crippen LogP contribution in [-0.4, -0.2) is 82.3 Å². The lowest BCUT2D eigenvalue weighted by Gasteiger charge is -2.38. The number of hydrogen-bond acceptors (Lipinski definition) is 10. The molecule has 2 atom stereocenters. The van der Waals surface area contributed by atoms with Gasteiger partial charge in [-0.05, 0) is 63.3 Å². The van der Waals surface area contributed by atoms with Gasteiger partial charge in [0.1, 0.15) is 17.2 Å². The largest absolute Gasteiger partial charge is 0.371 e. The Morgan fingerprint density at radius 2 is 1.74 bits per heavy atom. The molecule has 3 aliphatic rings. The molecule has 43 heavy (non-hydrogen) atoms. The fraction of sp³-hybridized carbons (Fsp3) is 0.552. The summed E-state index contributed by atoms with van der Waals surface area (Å²) < 4.78 is 39.1. The quantitative estimate of drug-likeness (QED) is 0.400. The van der Waals surface area contributed by atoms with Gasteiger partial charge in [-0.25, -0.2) is 18.7 Å². The molecular formula is C29H37ClF2N8O3. The third-order valence-corrected chi connectivity index (χ3v) is 8.66. The van der Waals surface area contributed by atoms with E-state index in [1.54, 1.807) is 19.5 Å². The van der Waals surface area contributed by atoms with Crippen LogP contribution in [0, 0.1) is 11.6 Å². The van der Waals surface area contributed by atoms with Crippen LogP contribution in [-0.2, 0) is 10.3 Å². The molecule has 4 heterocycles. The number of amides is 1. The molecule has 6 rings (SSSR count). The minimum absolute atomic E-state index is 0. The summed E-state index contributed by atoms with van der Waals surface area (Å²) in [6, 6.07) is 3.76. The number of hydrogen-bond donors (Lipinski definition) is 1. The van der Waals surface area contributed by atoms with E-state index in [4.69, 9.17) is 15.0 Å². The lowest BCUT2D eigenvalue weighted by molar-refractivity contribution is 0.00973. The average molecular weight is 619 g/mol. The summed E-state index contributed by atoms with van der Waals surface area (Å²) in [6.07, 6.45) is 6.61. The molecule has 2 aromatic heterocycles. The van der Waals surface area contributed by atoms with Crippen molar-refractivity contribution in [2.24, 2.45) is 5.73 Å². The van der Waals surface area contributed by atoms with Gasteiger partial charge in [0.25, 0.3) is 5.91 Å². The molecule has 0 radical (unpaired) electrons. The van der Waals surface area contributed by atoms with Crippen LogP contribution in [0.1, 0.15) is 67.2 Å². The monoisotopic (exact) mass is 618 g/mol. The molecule has 2 saturated heterocycles. The Hall–Kier alpha value is -3.42. The summed E-state index contributed by atoms with van der Waals surface area (Å²) >= 11 is 0.